The van der Waals surface area contributed by atoms with Crippen LogP contribution in [0.4, 0.5) is 9.18 Å². The average Bonchev–Trinajstić information content (AvgIpc) is 2.15. The predicted molar refractivity (Wildman–Crippen MR) is 54.4 cm³/mol. The zero-order valence-electron chi connectivity index (χ0n) is 8.51. The zero-order chi connectivity index (χ0) is 11.7. The first kappa shape index (κ1) is 10.9. The van der Waals surface area contributed by atoms with Gasteiger partial charge in [0.1, 0.15) is 5.82 Å². The molecule has 2 rings (SSSR count). The Morgan fingerprint density at radius 2 is 1.94 bits per heavy atom. The molecular weight excluding hydrogens is 213 g/mol. The van der Waals surface area contributed by atoms with Crippen molar-refractivity contribution in [2.45, 2.75) is 6.10 Å². The summed E-state index contributed by atoms with van der Waals surface area (Å²) in [4.78, 5) is 11.8. The van der Waals surface area contributed by atoms with Crippen molar-refractivity contribution in [2.24, 2.45) is 5.92 Å². The van der Waals surface area contributed by atoms with Gasteiger partial charge in [0.25, 0.3) is 0 Å². The lowest BCUT2D eigenvalue weighted by atomic mass is 9.89. The number of benzene rings is 1. The second kappa shape index (κ2) is 4.09. The third-order valence-electron chi connectivity index (χ3n) is 2.84. The van der Waals surface area contributed by atoms with Crippen LogP contribution in [0.2, 0.25) is 0 Å². The van der Waals surface area contributed by atoms with Crippen LogP contribution in [0.1, 0.15) is 11.7 Å². The van der Waals surface area contributed by atoms with Crippen molar-refractivity contribution in [1.82, 2.24) is 4.90 Å². The maximum Gasteiger partial charge on any atom is 0.407 e. The van der Waals surface area contributed by atoms with Crippen LogP contribution in [0.5, 0.6) is 0 Å². The van der Waals surface area contributed by atoms with E-state index < -0.39 is 12.2 Å². The average molecular weight is 225 g/mol. The smallest absolute Gasteiger partial charge is 0.407 e. The van der Waals surface area contributed by atoms with Crippen LogP contribution in [0.15, 0.2) is 24.3 Å². The molecule has 1 fully saturated rings. The summed E-state index contributed by atoms with van der Waals surface area (Å²) in [6.45, 7) is 0.655. The molecule has 1 aromatic rings. The molecule has 0 saturated carbocycles. The van der Waals surface area contributed by atoms with Gasteiger partial charge in [0.2, 0.25) is 0 Å². The number of hydrogen-bond acceptors (Lipinski definition) is 2. The molecule has 1 heterocycles. The summed E-state index contributed by atoms with van der Waals surface area (Å²) in [5.41, 5.74) is 0.622. The molecule has 5 heteroatoms. The van der Waals surface area contributed by atoms with Crippen molar-refractivity contribution in [2.75, 3.05) is 13.1 Å². The minimum absolute atomic E-state index is 0.0958. The molecule has 1 aliphatic heterocycles. The summed E-state index contributed by atoms with van der Waals surface area (Å²) in [6.07, 6.45) is -1.70. The Bertz CT molecular complexity index is 387. The standard InChI is InChI=1S/C11H12FNO3/c12-9-3-1-7(2-4-9)10(14)8-5-13(6-8)11(15)16/h1-4,8,10,14H,5-6H2,(H,15,16). The van der Waals surface area contributed by atoms with Crippen LogP contribution in [0.25, 0.3) is 0 Å². The Morgan fingerprint density at radius 1 is 1.38 bits per heavy atom. The van der Waals surface area contributed by atoms with Gasteiger partial charge in [-0.15, -0.1) is 0 Å². The maximum atomic E-state index is 12.6. The Hall–Kier alpha value is -1.62. The van der Waals surface area contributed by atoms with E-state index in [1.54, 1.807) is 0 Å². The van der Waals surface area contributed by atoms with Crippen molar-refractivity contribution in [3.63, 3.8) is 0 Å². The summed E-state index contributed by atoms with van der Waals surface area (Å²) in [7, 11) is 0. The van der Waals surface area contributed by atoms with E-state index in [9.17, 15) is 14.3 Å². The molecule has 16 heavy (non-hydrogen) atoms. The first-order valence-electron chi connectivity index (χ1n) is 4.99. The molecule has 1 amide bonds. The molecule has 1 atom stereocenters. The Kier molecular flexibility index (Phi) is 2.78. The number of aliphatic hydroxyl groups is 1. The van der Waals surface area contributed by atoms with Crippen LogP contribution in [-0.4, -0.2) is 34.3 Å². The second-order valence-electron chi connectivity index (χ2n) is 3.94. The maximum absolute atomic E-state index is 12.6. The van der Waals surface area contributed by atoms with Crippen LogP contribution < -0.4 is 0 Å². The van der Waals surface area contributed by atoms with Gasteiger partial charge in [-0.25, -0.2) is 9.18 Å². The van der Waals surface area contributed by atoms with E-state index in [2.05, 4.69) is 0 Å². The van der Waals surface area contributed by atoms with Crippen molar-refractivity contribution in [1.29, 1.82) is 0 Å². The first-order chi connectivity index (χ1) is 7.58. The highest BCUT2D eigenvalue weighted by molar-refractivity contribution is 5.66. The molecule has 86 valence electrons. The van der Waals surface area contributed by atoms with E-state index in [-0.39, 0.29) is 11.7 Å². The number of carbonyl (C=O) groups is 1. The van der Waals surface area contributed by atoms with Crippen molar-refractivity contribution in [3.05, 3.63) is 35.6 Å². The summed E-state index contributed by atoms with van der Waals surface area (Å²) in [6, 6.07) is 5.60. The van der Waals surface area contributed by atoms with E-state index in [1.807, 2.05) is 0 Å². The highest BCUT2D eigenvalue weighted by atomic mass is 19.1. The molecule has 0 aliphatic carbocycles. The van der Waals surface area contributed by atoms with Crippen LogP contribution in [0.3, 0.4) is 0 Å². The number of halogens is 1. The van der Waals surface area contributed by atoms with Gasteiger partial charge in [0, 0.05) is 19.0 Å². The second-order valence-corrected chi connectivity index (χ2v) is 3.94. The van der Waals surface area contributed by atoms with E-state index in [0.717, 1.165) is 0 Å². The fourth-order valence-electron chi connectivity index (χ4n) is 1.80. The number of amides is 1. The number of rotatable bonds is 2. The number of carboxylic acid groups (broad SMARTS) is 1. The minimum atomic E-state index is -0.970. The SMILES string of the molecule is O=C(O)N1CC(C(O)c2ccc(F)cc2)C1. The highest BCUT2D eigenvalue weighted by Gasteiger charge is 2.35. The summed E-state index contributed by atoms with van der Waals surface area (Å²) >= 11 is 0. The molecule has 1 aromatic carbocycles. The van der Waals surface area contributed by atoms with Gasteiger partial charge >= 0.3 is 6.09 Å². The largest absolute Gasteiger partial charge is 0.465 e. The molecule has 0 bridgehead atoms. The predicted octanol–water partition coefficient (Wildman–Crippen LogP) is 1.47. The van der Waals surface area contributed by atoms with E-state index >= 15 is 0 Å². The van der Waals surface area contributed by atoms with Crippen molar-refractivity contribution >= 4 is 6.09 Å². The van der Waals surface area contributed by atoms with Gasteiger partial charge in [-0.05, 0) is 17.7 Å². The Morgan fingerprint density at radius 3 is 2.44 bits per heavy atom. The van der Waals surface area contributed by atoms with Gasteiger partial charge in [-0.1, -0.05) is 12.1 Å². The number of aliphatic hydroxyl groups excluding tert-OH is 1. The minimum Gasteiger partial charge on any atom is -0.465 e. The Labute approximate surface area is 91.9 Å². The fourth-order valence-corrected chi connectivity index (χ4v) is 1.80. The lowest BCUT2D eigenvalue weighted by Crippen LogP contribution is -2.51. The normalized spacial score (nSPS) is 18.0. The number of likely N-dealkylation sites (tertiary alicyclic amines) is 1. The molecule has 2 N–H and O–H groups in total. The molecular formula is C11H12FNO3. The Balaban J connectivity index is 1.97. The van der Waals surface area contributed by atoms with E-state index in [0.29, 0.717) is 18.7 Å². The molecule has 1 unspecified atom stereocenters. The van der Waals surface area contributed by atoms with Gasteiger partial charge in [0.05, 0.1) is 6.10 Å². The van der Waals surface area contributed by atoms with Gasteiger partial charge < -0.3 is 15.1 Å². The van der Waals surface area contributed by atoms with E-state index in [4.69, 9.17) is 5.11 Å². The summed E-state index contributed by atoms with van der Waals surface area (Å²) in [5.74, 6) is -0.446. The lowest BCUT2D eigenvalue weighted by molar-refractivity contribution is 0.00279. The quantitative estimate of drug-likeness (QED) is 0.801. The van der Waals surface area contributed by atoms with Crippen LogP contribution >= 0.6 is 0 Å². The van der Waals surface area contributed by atoms with Crippen LogP contribution in [-0.2, 0) is 0 Å². The number of nitrogens with zero attached hydrogens (tertiary/aromatic N) is 1. The van der Waals surface area contributed by atoms with Crippen LogP contribution in [0, 0.1) is 11.7 Å². The van der Waals surface area contributed by atoms with Crippen molar-refractivity contribution in [3.8, 4) is 0 Å². The monoisotopic (exact) mass is 225 g/mol. The third kappa shape index (κ3) is 1.99. The summed E-state index contributed by atoms with van der Waals surface area (Å²) in [5, 5.41) is 18.5. The topological polar surface area (TPSA) is 60.8 Å². The van der Waals surface area contributed by atoms with E-state index in [1.165, 1.54) is 29.2 Å². The lowest BCUT2D eigenvalue weighted by Gasteiger charge is -2.39. The fraction of sp³-hybridized carbons (Fsp3) is 0.364. The zero-order valence-corrected chi connectivity index (χ0v) is 8.51. The molecule has 1 aliphatic rings. The first-order valence-corrected chi connectivity index (χ1v) is 4.99. The molecule has 0 aromatic heterocycles. The molecule has 4 nitrogen and oxygen atoms in total. The highest BCUT2D eigenvalue weighted by Crippen LogP contribution is 2.29. The summed E-state index contributed by atoms with van der Waals surface area (Å²) < 4.78 is 12.6. The van der Waals surface area contributed by atoms with Gasteiger partial charge in [-0.3, -0.25) is 0 Å². The molecule has 0 radical (unpaired) electrons. The van der Waals surface area contributed by atoms with Gasteiger partial charge in [0.15, 0.2) is 0 Å². The number of hydrogen-bond donors (Lipinski definition) is 2. The molecule has 0 spiro atoms. The molecule has 1 saturated heterocycles. The van der Waals surface area contributed by atoms with Gasteiger partial charge in [-0.2, -0.15) is 0 Å². The third-order valence-corrected chi connectivity index (χ3v) is 2.84. The van der Waals surface area contributed by atoms with Crippen molar-refractivity contribution < 1.29 is 19.4 Å².